The summed E-state index contributed by atoms with van der Waals surface area (Å²) in [6, 6.07) is 18.5. The predicted molar refractivity (Wildman–Crippen MR) is 109 cm³/mol. The van der Waals surface area contributed by atoms with Gasteiger partial charge in [0.15, 0.2) is 11.0 Å². The second kappa shape index (κ2) is 8.71. The molecule has 0 spiro atoms. The molecule has 3 N–H and O–H groups in total. The summed E-state index contributed by atoms with van der Waals surface area (Å²) in [6.45, 7) is 3.80. The molecule has 0 saturated carbocycles. The van der Waals surface area contributed by atoms with E-state index in [0.29, 0.717) is 11.0 Å². The lowest BCUT2D eigenvalue weighted by atomic mass is 10.1. The number of nitrogens with one attached hydrogen (secondary N) is 1. The number of para-hydroxylation sites is 1. The van der Waals surface area contributed by atoms with Gasteiger partial charge in [0.05, 0.1) is 5.25 Å². The number of aromatic nitrogens is 3. The Morgan fingerprint density at radius 1 is 1.00 bits per heavy atom. The Morgan fingerprint density at radius 2 is 1.61 bits per heavy atom. The molecule has 28 heavy (non-hydrogen) atoms. The van der Waals surface area contributed by atoms with Crippen LogP contribution in [0.4, 0.5) is 4.79 Å². The first kappa shape index (κ1) is 19.6. The summed E-state index contributed by atoms with van der Waals surface area (Å²) >= 11 is 1.25. The number of thioether (sulfide) groups is 1. The van der Waals surface area contributed by atoms with Crippen LogP contribution in [0.25, 0.3) is 17.1 Å². The molecule has 0 aliphatic carbocycles. The minimum atomic E-state index is -0.870. The summed E-state index contributed by atoms with van der Waals surface area (Å²) in [7, 11) is 0. The van der Waals surface area contributed by atoms with Crippen LogP contribution < -0.4 is 11.1 Å². The number of benzene rings is 2. The molecule has 1 atom stereocenters. The van der Waals surface area contributed by atoms with Gasteiger partial charge in [0.2, 0.25) is 5.91 Å². The van der Waals surface area contributed by atoms with E-state index in [1.54, 1.807) is 0 Å². The van der Waals surface area contributed by atoms with Crippen LogP contribution in [0, 0.1) is 5.92 Å². The zero-order valence-corrected chi connectivity index (χ0v) is 16.4. The summed E-state index contributed by atoms with van der Waals surface area (Å²) < 4.78 is 1.91. The number of nitrogens with zero attached hydrogens (tertiary/aromatic N) is 3. The molecule has 7 nitrogen and oxygen atoms in total. The molecule has 8 heteroatoms. The first-order valence-electron chi connectivity index (χ1n) is 8.80. The maximum Gasteiger partial charge on any atom is 0.318 e. The second-order valence-electron chi connectivity index (χ2n) is 6.48. The molecule has 3 rings (SSSR count). The van der Waals surface area contributed by atoms with Crippen molar-refractivity contribution in [1.29, 1.82) is 0 Å². The maximum atomic E-state index is 12.4. The van der Waals surface area contributed by atoms with Crippen molar-refractivity contribution in [1.82, 2.24) is 20.1 Å². The monoisotopic (exact) mass is 395 g/mol. The Kier molecular flexibility index (Phi) is 6.10. The van der Waals surface area contributed by atoms with Gasteiger partial charge in [0, 0.05) is 11.3 Å². The number of hydrogen-bond acceptors (Lipinski definition) is 5. The van der Waals surface area contributed by atoms with Gasteiger partial charge in [-0.05, 0) is 18.1 Å². The van der Waals surface area contributed by atoms with Crippen molar-refractivity contribution in [3.63, 3.8) is 0 Å². The van der Waals surface area contributed by atoms with Crippen molar-refractivity contribution < 1.29 is 9.59 Å². The van der Waals surface area contributed by atoms with Gasteiger partial charge in [0.1, 0.15) is 0 Å². The third-order valence-corrected chi connectivity index (χ3v) is 5.51. The molecule has 3 aromatic rings. The molecule has 0 aliphatic rings. The van der Waals surface area contributed by atoms with Gasteiger partial charge in [-0.25, -0.2) is 4.79 Å². The van der Waals surface area contributed by atoms with E-state index in [1.807, 2.05) is 79.1 Å². The van der Waals surface area contributed by atoms with Gasteiger partial charge < -0.3 is 5.73 Å². The van der Waals surface area contributed by atoms with Crippen LogP contribution in [0.2, 0.25) is 0 Å². The molecule has 144 valence electrons. The van der Waals surface area contributed by atoms with Gasteiger partial charge in [0.25, 0.3) is 0 Å². The minimum Gasteiger partial charge on any atom is -0.351 e. The van der Waals surface area contributed by atoms with Crippen LogP contribution in [-0.2, 0) is 4.79 Å². The van der Waals surface area contributed by atoms with Crippen LogP contribution in [0.5, 0.6) is 0 Å². The maximum absolute atomic E-state index is 12.4. The highest BCUT2D eigenvalue weighted by Crippen LogP contribution is 2.32. The van der Waals surface area contributed by atoms with Gasteiger partial charge in [-0.2, -0.15) is 0 Å². The number of carbonyl (C=O) groups is 2. The van der Waals surface area contributed by atoms with Crippen LogP contribution in [0.1, 0.15) is 13.8 Å². The molecule has 2 aromatic carbocycles. The smallest absolute Gasteiger partial charge is 0.318 e. The molecular weight excluding hydrogens is 374 g/mol. The highest BCUT2D eigenvalue weighted by molar-refractivity contribution is 8.00. The zero-order valence-electron chi connectivity index (χ0n) is 15.6. The van der Waals surface area contributed by atoms with Crippen LogP contribution >= 0.6 is 11.8 Å². The Balaban J connectivity index is 2.05. The van der Waals surface area contributed by atoms with Crippen molar-refractivity contribution in [3.05, 3.63) is 60.7 Å². The van der Waals surface area contributed by atoms with E-state index < -0.39 is 17.2 Å². The second-order valence-corrected chi connectivity index (χ2v) is 7.59. The molecule has 0 saturated heterocycles. The van der Waals surface area contributed by atoms with E-state index in [-0.39, 0.29) is 5.92 Å². The van der Waals surface area contributed by atoms with Crippen molar-refractivity contribution >= 4 is 23.7 Å². The minimum absolute atomic E-state index is 0.0505. The molecule has 0 aliphatic heterocycles. The van der Waals surface area contributed by atoms with E-state index in [2.05, 4.69) is 15.5 Å². The fourth-order valence-electron chi connectivity index (χ4n) is 2.73. The number of rotatable bonds is 6. The lowest BCUT2D eigenvalue weighted by Crippen LogP contribution is -2.42. The molecule has 1 aromatic heterocycles. The van der Waals surface area contributed by atoms with E-state index in [4.69, 9.17) is 5.73 Å². The summed E-state index contributed by atoms with van der Waals surface area (Å²) in [5.74, 6) is 0.175. The molecule has 1 unspecified atom stereocenters. The predicted octanol–water partition coefficient (Wildman–Crippen LogP) is 3.25. The van der Waals surface area contributed by atoms with Crippen molar-refractivity contribution in [2.24, 2.45) is 11.7 Å². The third kappa shape index (κ3) is 4.40. The lowest BCUT2D eigenvalue weighted by Gasteiger charge is -2.19. The first-order chi connectivity index (χ1) is 13.5. The number of nitrogens with two attached hydrogens (primary N) is 1. The average Bonchev–Trinajstić information content (AvgIpc) is 3.10. The molecule has 1 heterocycles. The topological polar surface area (TPSA) is 103 Å². The fourth-order valence-corrected chi connectivity index (χ4v) is 3.78. The number of hydrogen-bond donors (Lipinski definition) is 2. The number of imide groups is 1. The fraction of sp³-hybridized carbons (Fsp3) is 0.200. The Labute approximate surface area is 167 Å². The molecule has 0 bridgehead atoms. The van der Waals surface area contributed by atoms with E-state index in [1.165, 1.54) is 11.8 Å². The van der Waals surface area contributed by atoms with Gasteiger partial charge >= 0.3 is 6.03 Å². The Hall–Kier alpha value is -3.13. The zero-order chi connectivity index (χ0) is 20.1. The third-order valence-electron chi connectivity index (χ3n) is 4.02. The lowest BCUT2D eigenvalue weighted by molar-refractivity contribution is -0.120. The first-order valence-corrected chi connectivity index (χ1v) is 9.68. The summed E-state index contributed by atoms with van der Waals surface area (Å²) in [5.41, 5.74) is 6.90. The largest absolute Gasteiger partial charge is 0.351 e. The Bertz CT molecular complexity index is 957. The van der Waals surface area contributed by atoms with Gasteiger partial charge in [-0.1, -0.05) is 74.1 Å². The number of primary amides is 1. The van der Waals surface area contributed by atoms with Gasteiger partial charge in [-0.15, -0.1) is 10.2 Å². The van der Waals surface area contributed by atoms with Crippen molar-refractivity contribution in [2.45, 2.75) is 24.3 Å². The molecule has 3 amide bonds. The highest BCUT2D eigenvalue weighted by Gasteiger charge is 2.28. The van der Waals surface area contributed by atoms with Crippen LogP contribution in [0.3, 0.4) is 0 Å². The Morgan fingerprint density at radius 3 is 2.18 bits per heavy atom. The number of urea groups is 1. The summed E-state index contributed by atoms with van der Waals surface area (Å²) in [5, 5.41) is 10.9. The number of amides is 3. The average molecular weight is 395 g/mol. The SMILES string of the molecule is CC(C)C(Sc1nnc(-c2ccccc2)n1-c1ccccc1)C(=O)NC(N)=O. The van der Waals surface area contributed by atoms with Crippen LogP contribution in [0.15, 0.2) is 65.8 Å². The van der Waals surface area contributed by atoms with Crippen LogP contribution in [-0.4, -0.2) is 32.0 Å². The molecule has 0 fully saturated rings. The van der Waals surface area contributed by atoms with Crippen molar-refractivity contribution in [2.75, 3.05) is 0 Å². The number of carbonyl (C=O) groups excluding carboxylic acids is 2. The highest BCUT2D eigenvalue weighted by atomic mass is 32.2. The molecular formula is C20H21N5O2S. The summed E-state index contributed by atoms with van der Waals surface area (Å²) in [4.78, 5) is 23.5. The molecule has 0 radical (unpaired) electrons. The van der Waals surface area contributed by atoms with Crippen molar-refractivity contribution in [3.8, 4) is 17.1 Å². The normalized spacial score (nSPS) is 12.0. The van der Waals surface area contributed by atoms with E-state index >= 15 is 0 Å². The standard InChI is InChI=1S/C20H21N5O2S/c1-13(2)16(18(26)22-19(21)27)28-20-24-23-17(14-9-5-3-6-10-14)25(20)15-11-7-4-8-12-15/h3-13,16H,1-2H3,(H3,21,22,26,27). The van der Waals surface area contributed by atoms with Gasteiger partial charge in [-0.3, -0.25) is 14.7 Å². The van der Waals surface area contributed by atoms with E-state index in [0.717, 1.165) is 11.3 Å². The quantitative estimate of drug-likeness (QED) is 0.624. The van der Waals surface area contributed by atoms with E-state index in [9.17, 15) is 9.59 Å². The summed E-state index contributed by atoms with van der Waals surface area (Å²) in [6.07, 6.45) is 0.